The maximum Gasteiger partial charge on any atom is 0.0951 e. The van der Waals surface area contributed by atoms with Crippen molar-refractivity contribution in [2.45, 2.75) is 19.4 Å². The molecule has 0 fully saturated rings. The maximum atomic E-state index is 12.6. The fourth-order valence-corrected chi connectivity index (χ4v) is 2.27. The first kappa shape index (κ1) is 18.0. The number of rotatable bonds is 8. The van der Waals surface area contributed by atoms with Gasteiger partial charge in [0.15, 0.2) is 0 Å². The summed E-state index contributed by atoms with van der Waals surface area (Å²) in [6.07, 6.45) is 4.35. The molecule has 0 spiro atoms. The van der Waals surface area contributed by atoms with Gasteiger partial charge in [-0.25, -0.2) is 4.39 Å². The summed E-state index contributed by atoms with van der Waals surface area (Å²) in [5.74, 6) is -0.342. The highest BCUT2D eigenvalue weighted by atomic mass is 19.1. The van der Waals surface area contributed by atoms with Gasteiger partial charge in [0.05, 0.1) is 18.5 Å². The lowest BCUT2D eigenvalue weighted by Crippen LogP contribution is -2.01. The minimum atomic E-state index is -0.342. The van der Waals surface area contributed by atoms with Crippen molar-refractivity contribution in [3.8, 4) is 0 Å². The lowest BCUT2D eigenvalue weighted by Gasteiger charge is -2.13. The molecule has 0 saturated carbocycles. The highest BCUT2D eigenvalue weighted by Gasteiger charge is 2.05. The fourth-order valence-electron chi connectivity index (χ4n) is 2.27. The van der Waals surface area contributed by atoms with Crippen LogP contribution in [0.3, 0.4) is 0 Å². The molecule has 3 heteroatoms. The van der Waals surface area contributed by atoms with Crippen molar-refractivity contribution in [1.82, 2.24) is 0 Å². The molecule has 0 aliphatic heterocycles. The van der Waals surface area contributed by atoms with Gasteiger partial charge in [-0.1, -0.05) is 55.1 Å². The van der Waals surface area contributed by atoms with Gasteiger partial charge in [0.25, 0.3) is 0 Å². The molecule has 0 radical (unpaired) electrons. The van der Waals surface area contributed by atoms with Gasteiger partial charge in [-0.05, 0) is 35.7 Å². The van der Waals surface area contributed by atoms with E-state index >= 15 is 0 Å². The maximum absolute atomic E-state index is 12.6. The second kappa shape index (κ2) is 9.04. The first-order chi connectivity index (χ1) is 11.6. The molecule has 1 unspecified atom stereocenters. The van der Waals surface area contributed by atoms with E-state index in [1.54, 1.807) is 0 Å². The Morgan fingerprint density at radius 3 is 2.12 bits per heavy atom. The highest BCUT2D eigenvalue weighted by Crippen LogP contribution is 2.19. The Kier molecular flexibility index (Phi) is 6.76. The molecular weight excluding hydrogens is 301 g/mol. The van der Waals surface area contributed by atoms with Crippen LogP contribution >= 0.6 is 0 Å². The minimum Gasteiger partial charge on any atom is -0.388 e. The third-order valence-corrected chi connectivity index (χ3v) is 3.81. The van der Waals surface area contributed by atoms with Crippen molar-refractivity contribution in [2.75, 3.05) is 19.0 Å². The number of hydrogen-bond acceptors (Lipinski definition) is 2. The van der Waals surface area contributed by atoms with E-state index < -0.39 is 0 Å². The van der Waals surface area contributed by atoms with Crippen LogP contribution in [0.2, 0.25) is 0 Å². The van der Waals surface area contributed by atoms with Gasteiger partial charge in [-0.2, -0.15) is 0 Å². The summed E-state index contributed by atoms with van der Waals surface area (Å²) in [4.78, 5) is 0. The number of hydrogen-bond donors (Lipinski definition) is 1. The van der Waals surface area contributed by atoms with E-state index in [9.17, 15) is 4.39 Å². The molecule has 0 bridgehead atoms. The van der Waals surface area contributed by atoms with Gasteiger partial charge in [0.2, 0.25) is 0 Å². The average molecular weight is 325 g/mol. The summed E-state index contributed by atoms with van der Waals surface area (Å²) in [6, 6.07) is 16.4. The van der Waals surface area contributed by atoms with Gasteiger partial charge in [0.1, 0.15) is 0 Å². The molecule has 0 aliphatic carbocycles. The second-order valence-electron chi connectivity index (χ2n) is 5.65. The summed E-state index contributed by atoms with van der Waals surface area (Å²) in [6.45, 7) is 5.55. The summed E-state index contributed by atoms with van der Waals surface area (Å²) in [5.41, 5.74) is 4.46. The molecule has 0 saturated heterocycles. The quantitative estimate of drug-likeness (QED) is 0.615. The van der Waals surface area contributed by atoms with Crippen LogP contribution in [0.15, 0.2) is 60.9 Å². The smallest absolute Gasteiger partial charge is 0.0951 e. The molecule has 2 nitrogen and oxygen atoms in total. The Bertz CT molecular complexity index is 674. The zero-order chi connectivity index (χ0) is 17.4. The topological polar surface area (TPSA) is 21.3 Å². The van der Waals surface area contributed by atoms with E-state index in [0.717, 1.165) is 22.4 Å². The number of benzene rings is 2. The van der Waals surface area contributed by atoms with E-state index in [1.807, 2.05) is 38.2 Å². The second-order valence-corrected chi connectivity index (χ2v) is 5.65. The largest absolute Gasteiger partial charge is 0.388 e. The van der Waals surface area contributed by atoms with Crippen LogP contribution in [0.5, 0.6) is 0 Å². The molecule has 2 rings (SSSR count). The fraction of sp³-hybridized carbons (Fsp3) is 0.238. The van der Waals surface area contributed by atoms with Gasteiger partial charge in [0, 0.05) is 19.2 Å². The van der Waals surface area contributed by atoms with Crippen LogP contribution in [0.4, 0.5) is 10.1 Å². The molecule has 126 valence electrons. The molecule has 1 atom stereocenters. The first-order valence-electron chi connectivity index (χ1n) is 8.09. The summed E-state index contributed by atoms with van der Waals surface area (Å²) in [5, 5.41) is 3.10. The monoisotopic (exact) mass is 325 g/mol. The Balaban J connectivity index is 1.93. The lowest BCUT2D eigenvalue weighted by molar-refractivity contribution is 0.0658. The Hall–Kier alpha value is -2.39. The van der Waals surface area contributed by atoms with E-state index in [4.69, 9.17) is 4.74 Å². The first-order valence-corrected chi connectivity index (χ1v) is 8.09. The van der Waals surface area contributed by atoms with Gasteiger partial charge in [-0.3, -0.25) is 0 Å². The highest BCUT2D eigenvalue weighted by molar-refractivity contribution is 5.70. The number of halogens is 1. The van der Waals surface area contributed by atoms with Crippen LogP contribution in [0.25, 0.3) is 12.2 Å². The number of ether oxygens (including phenoxy) is 1. The Labute approximate surface area is 143 Å². The summed E-state index contributed by atoms with van der Waals surface area (Å²) < 4.78 is 18.2. The molecular formula is C21H24FNO. The molecule has 2 aromatic rings. The third-order valence-electron chi connectivity index (χ3n) is 3.81. The molecule has 0 heterocycles. The van der Waals surface area contributed by atoms with Crippen molar-refractivity contribution in [2.24, 2.45) is 0 Å². The van der Waals surface area contributed by atoms with E-state index in [0.29, 0.717) is 6.61 Å². The lowest BCUT2D eigenvalue weighted by atomic mass is 10.1. The summed E-state index contributed by atoms with van der Waals surface area (Å²) in [7, 11) is 1.91. The standard InChI is InChI=1S/C21H24FNO/c1-16(22)14-15-24-17(2)20-10-6-18(7-11-20)4-5-19-8-12-21(23-3)13-9-19/h4-13,17,23H,1,14-15H2,2-3H3/b5-4+. The molecule has 1 N–H and O–H groups in total. The van der Waals surface area contributed by atoms with Gasteiger partial charge < -0.3 is 10.1 Å². The Morgan fingerprint density at radius 1 is 1.08 bits per heavy atom. The minimum absolute atomic E-state index is 0.0588. The molecule has 24 heavy (non-hydrogen) atoms. The van der Waals surface area contributed by atoms with Crippen molar-refractivity contribution >= 4 is 17.8 Å². The van der Waals surface area contributed by atoms with Crippen LogP contribution < -0.4 is 5.32 Å². The van der Waals surface area contributed by atoms with Crippen LogP contribution in [0, 0.1) is 0 Å². The predicted molar refractivity (Wildman–Crippen MR) is 101 cm³/mol. The van der Waals surface area contributed by atoms with Crippen molar-refractivity contribution in [1.29, 1.82) is 0 Å². The number of anilines is 1. The average Bonchev–Trinajstić information content (AvgIpc) is 2.60. The predicted octanol–water partition coefficient (Wildman–Crippen LogP) is 5.85. The Morgan fingerprint density at radius 2 is 1.62 bits per heavy atom. The van der Waals surface area contributed by atoms with E-state index in [1.165, 1.54) is 0 Å². The van der Waals surface area contributed by atoms with Crippen molar-refractivity contribution in [3.05, 3.63) is 77.6 Å². The zero-order valence-corrected chi connectivity index (χ0v) is 14.3. The van der Waals surface area contributed by atoms with Crippen LogP contribution in [0.1, 0.15) is 36.1 Å². The SMILES string of the molecule is C=C(F)CCOC(C)c1ccc(/C=C/c2ccc(NC)cc2)cc1. The van der Waals surface area contributed by atoms with Crippen LogP contribution in [-0.4, -0.2) is 13.7 Å². The molecule has 0 amide bonds. The van der Waals surface area contributed by atoms with Crippen molar-refractivity contribution in [3.63, 3.8) is 0 Å². The van der Waals surface area contributed by atoms with Gasteiger partial charge >= 0.3 is 0 Å². The van der Waals surface area contributed by atoms with E-state index in [-0.39, 0.29) is 18.4 Å². The van der Waals surface area contributed by atoms with E-state index in [2.05, 4.69) is 48.3 Å². The van der Waals surface area contributed by atoms with Crippen molar-refractivity contribution < 1.29 is 9.13 Å². The van der Waals surface area contributed by atoms with Crippen LogP contribution in [-0.2, 0) is 4.74 Å². The number of nitrogens with one attached hydrogen (secondary N) is 1. The third kappa shape index (κ3) is 5.67. The molecule has 0 aliphatic rings. The zero-order valence-electron chi connectivity index (χ0n) is 14.3. The molecule has 2 aromatic carbocycles. The normalized spacial score (nSPS) is 12.3. The van der Waals surface area contributed by atoms with Gasteiger partial charge in [-0.15, -0.1) is 0 Å². The molecule has 0 aromatic heterocycles. The summed E-state index contributed by atoms with van der Waals surface area (Å²) >= 11 is 0.